The summed E-state index contributed by atoms with van der Waals surface area (Å²) >= 11 is 0. The maximum absolute atomic E-state index is 12.6. The van der Waals surface area contributed by atoms with Crippen LogP contribution in [0.2, 0.25) is 0 Å². The van der Waals surface area contributed by atoms with Gasteiger partial charge in [-0.15, -0.1) is 0 Å². The van der Waals surface area contributed by atoms with E-state index >= 15 is 0 Å². The molecule has 1 N–H and O–H groups in total. The second kappa shape index (κ2) is 3.84. The van der Waals surface area contributed by atoms with Crippen molar-refractivity contribution in [1.29, 1.82) is 0 Å². The van der Waals surface area contributed by atoms with E-state index < -0.39 is 17.8 Å². The molecule has 0 radical (unpaired) electrons. The first-order valence-corrected chi connectivity index (χ1v) is 4.79. The van der Waals surface area contributed by atoms with Crippen molar-refractivity contribution in [3.8, 4) is 0 Å². The molecule has 0 aromatic carbocycles. The second-order valence-corrected chi connectivity index (χ2v) is 3.52. The number of carboxylic acids is 1. The van der Waals surface area contributed by atoms with Crippen molar-refractivity contribution >= 4 is 11.8 Å². The van der Waals surface area contributed by atoms with E-state index in [1.807, 2.05) is 0 Å². The molecule has 4 nitrogen and oxygen atoms in total. The van der Waals surface area contributed by atoms with Crippen molar-refractivity contribution < 1.29 is 14.3 Å². The minimum atomic E-state index is -0.848. The molecule has 1 aromatic heterocycles. The quantitative estimate of drug-likeness (QED) is 0.798. The fraction of sp³-hybridized carbons (Fsp3) is 0.400. The van der Waals surface area contributed by atoms with Crippen LogP contribution in [-0.2, 0) is 4.79 Å². The molecular weight excluding hydrogens is 199 g/mol. The number of carboxylic acid groups (broad SMARTS) is 1. The number of hydrogen-bond donors (Lipinski definition) is 1. The molecule has 1 fully saturated rings. The molecule has 1 aliphatic rings. The minimum Gasteiger partial charge on any atom is -0.480 e. The van der Waals surface area contributed by atoms with Crippen LogP contribution in [0, 0.1) is 5.82 Å². The number of carbonyl (C=O) groups is 1. The Morgan fingerprint density at radius 3 is 3.00 bits per heavy atom. The molecule has 15 heavy (non-hydrogen) atoms. The molecule has 1 atom stereocenters. The van der Waals surface area contributed by atoms with Gasteiger partial charge < -0.3 is 10.0 Å². The molecule has 0 unspecified atom stereocenters. The predicted octanol–water partition coefficient (Wildman–Crippen LogP) is 1.27. The molecular formula is C10H11FN2O2. The number of anilines is 1. The van der Waals surface area contributed by atoms with Crippen LogP contribution in [0.1, 0.15) is 12.8 Å². The van der Waals surface area contributed by atoms with Crippen molar-refractivity contribution in [2.75, 3.05) is 11.4 Å². The first kappa shape index (κ1) is 9.89. The van der Waals surface area contributed by atoms with Crippen LogP contribution < -0.4 is 4.90 Å². The van der Waals surface area contributed by atoms with Crippen LogP contribution in [0.5, 0.6) is 0 Å². The summed E-state index contributed by atoms with van der Waals surface area (Å²) in [7, 11) is 0. The summed E-state index contributed by atoms with van der Waals surface area (Å²) in [5.41, 5.74) is 0. The fourth-order valence-electron chi connectivity index (χ4n) is 1.84. The van der Waals surface area contributed by atoms with Crippen molar-refractivity contribution in [2.45, 2.75) is 18.9 Å². The fourth-order valence-corrected chi connectivity index (χ4v) is 1.84. The predicted molar refractivity (Wildman–Crippen MR) is 52.2 cm³/mol. The molecule has 1 aliphatic heterocycles. The highest BCUT2D eigenvalue weighted by molar-refractivity contribution is 5.78. The van der Waals surface area contributed by atoms with E-state index in [4.69, 9.17) is 5.11 Å². The van der Waals surface area contributed by atoms with Crippen molar-refractivity contribution in [1.82, 2.24) is 4.98 Å². The Kier molecular flexibility index (Phi) is 2.53. The van der Waals surface area contributed by atoms with Gasteiger partial charge in [0.15, 0.2) is 0 Å². The normalized spacial score (nSPS) is 20.6. The lowest BCUT2D eigenvalue weighted by molar-refractivity contribution is -0.138. The highest BCUT2D eigenvalue weighted by atomic mass is 19.1. The van der Waals surface area contributed by atoms with Gasteiger partial charge in [0.1, 0.15) is 17.7 Å². The van der Waals surface area contributed by atoms with Crippen LogP contribution in [0.3, 0.4) is 0 Å². The SMILES string of the molecule is O=C(O)[C@@H]1CCCN1c1ccc(F)cn1. The van der Waals surface area contributed by atoms with E-state index in [1.54, 1.807) is 4.90 Å². The maximum atomic E-state index is 12.6. The molecule has 2 heterocycles. The number of rotatable bonds is 2. The summed E-state index contributed by atoms with van der Waals surface area (Å²) in [5.74, 6) is -0.732. The third-order valence-electron chi connectivity index (χ3n) is 2.54. The van der Waals surface area contributed by atoms with Gasteiger partial charge >= 0.3 is 5.97 Å². The number of hydrogen-bond acceptors (Lipinski definition) is 3. The lowest BCUT2D eigenvalue weighted by Gasteiger charge is -2.22. The molecule has 1 aromatic rings. The number of halogens is 1. The Morgan fingerprint density at radius 1 is 1.60 bits per heavy atom. The van der Waals surface area contributed by atoms with Gasteiger partial charge in [0.25, 0.3) is 0 Å². The smallest absolute Gasteiger partial charge is 0.326 e. The van der Waals surface area contributed by atoms with Gasteiger partial charge in [-0.1, -0.05) is 0 Å². The van der Waals surface area contributed by atoms with Crippen molar-refractivity contribution in [3.63, 3.8) is 0 Å². The van der Waals surface area contributed by atoms with Crippen molar-refractivity contribution in [2.24, 2.45) is 0 Å². The molecule has 0 amide bonds. The number of aromatic nitrogens is 1. The highest BCUT2D eigenvalue weighted by Gasteiger charge is 2.31. The average Bonchev–Trinajstić information content (AvgIpc) is 2.67. The van der Waals surface area contributed by atoms with Crippen LogP contribution in [0.25, 0.3) is 0 Å². The summed E-state index contributed by atoms with van der Waals surface area (Å²) < 4.78 is 12.6. The summed E-state index contributed by atoms with van der Waals surface area (Å²) in [5, 5.41) is 8.96. The largest absolute Gasteiger partial charge is 0.480 e. The topological polar surface area (TPSA) is 53.4 Å². The lowest BCUT2D eigenvalue weighted by atomic mass is 10.2. The first-order chi connectivity index (χ1) is 7.18. The van der Waals surface area contributed by atoms with E-state index in [9.17, 15) is 9.18 Å². The molecule has 0 aliphatic carbocycles. The van der Waals surface area contributed by atoms with Crippen LogP contribution in [0.15, 0.2) is 18.3 Å². The Balaban J connectivity index is 2.22. The monoisotopic (exact) mass is 210 g/mol. The molecule has 5 heteroatoms. The zero-order valence-electron chi connectivity index (χ0n) is 8.06. The Hall–Kier alpha value is -1.65. The summed E-state index contributed by atoms with van der Waals surface area (Å²) in [6, 6.07) is 2.28. The average molecular weight is 210 g/mol. The van der Waals surface area contributed by atoms with Gasteiger partial charge in [0.05, 0.1) is 6.20 Å². The molecule has 0 spiro atoms. The van der Waals surface area contributed by atoms with Gasteiger partial charge in [0.2, 0.25) is 0 Å². The van der Waals surface area contributed by atoms with Crippen molar-refractivity contribution in [3.05, 3.63) is 24.1 Å². The van der Waals surface area contributed by atoms with E-state index in [0.717, 1.165) is 12.6 Å². The van der Waals surface area contributed by atoms with E-state index in [1.165, 1.54) is 12.1 Å². The van der Waals surface area contributed by atoms with Gasteiger partial charge in [-0.3, -0.25) is 0 Å². The number of nitrogens with zero attached hydrogens (tertiary/aromatic N) is 2. The van der Waals surface area contributed by atoms with E-state index in [0.29, 0.717) is 18.8 Å². The summed E-state index contributed by atoms with van der Waals surface area (Å²) in [6.45, 7) is 0.662. The Labute approximate surface area is 86.4 Å². The first-order valence-electron chi connectivity index (χ1n) is 4.79. The zero-order valence-corrected chi connectivity index (χ0v) is 8.06. The molecule has 0 bridgehead atoms. The molecule has 0 saturated carbocycles. The third-order valence-corrected chi connectivity index (χ3v) is 2.54. The van der Waals surface area contributed by atoms with Gasteiger partial charge in [-0.2, -0.15) is 0 Å². The van der Waals surface area contributed by atoms with Gasteiger partial charge in [-0.25, -0.2) is 14.2 Å². The van der Waals surface area contributed by atoms with E-state index in [2.05, 4.69) is 4.98 Å². The van der Waals surface area contributed by atoms with Gasteiger partial charge in [-0.05, 0) is 25.0 Å². The third kappa shape index (κ3) is 1.91. The minimum absolute atomic E-state index is 0.412. The molecule has 1 saturated heterocycles. The van der Waals surface area contributed by atoms with Crippen LogP contribution in [-0.4, -0.2) is 28.6 Å². The number of pyridine rings is 1. The molecule has 80 valence electrons. The standard InChI is InChI=1S/C10H11FN2O2/c11-7-3-4-9(12-6-7)13-5-1-2-8(13)10(14)15/h3-4,6,8H,1-2,5H2,(H,14,15)/t8-/m0/s1. The van der Waals surface area contributed by atoms with E-state index in [-0.39, 0.29) is 0 Å². The van der Waals surface area contributed by atoms with Crippen LogP contribution >= 0.6 is 0 Å². The number of aliphatic carboxylic acids is 1. The summed E-state index contributed by atoms with van der Waals surface area (Å²) in [6.07, 6.45) is 2.55. The zero-order chi connectivity index (χ0) is 10.8. The Bertz CT molecular complexity index is 366. The van der Waals surface area contributed by atoms with Crippen LogP contribution in [0.4, 0.5) is 10.2 Å². The molecule has 2 rings (SSSR count). The maximum Gasteiger partial charge on any atom is 0.326 e. The van der Waals surface area contributed by atoms with Gasteiger partial charge in [0, 0.05) is 6.54 Å². The highest BCUT2D eigenvalue weighted by Crippen LogP contribution is 2.23. The lowest BCUT2D eigenvalue weighted by Crippen LogP contribution is -2.36. The second-order valence-electron chi connectivity index (χ2n) is 3.52. The Morgan fingerprint density at radius 2 is 2.40 bits per heavy atom. The summed E-state index contributed by atoms with van der Waals surface area (Å²) in [4.78, 5) is 16.5.